The topological polar surface area (TPSA) is 40.5 Å². The van der Waals surface area contributed by atoms with Crippen molar-refractivity contribution in [1.82, 2.24) is 4.09 Å². The van der Waals surface area contributed by atoms with Gasteiger partial charge in [-0.05, 0) is 6.42 Å². The van der Waals surface area contributed by atoms with Gasteiger partial charge in [-0.3, -0.25) is 10.0 Å². The van der Waals surface area contributed by atoms with Crippen LogP contribution in [0.5, 0.6) is 0 Å². The van der Waals surface area contributed by atoms with Gasteiger partial charge in [-0.25, -0.2) is 0 Å². The van der Waals surface area contributed by atoms with E-state index in [-0.39, 0.29) is 5.91 Å². The van der Waals surface area contributed by atoms with Crippen molar-refractivity contribution in [2.75, 3.05) is 0 Å². The SMILES string of the molecule is CCCCCCCCC(=O)N(O)Br. The van der Waals surface area contributed by atoms with Crippen molar-refractivity contribution in [1.29, 1.82) is 0 Å². The molecule has 0 aliphatic rings. The molecule has 0 atom stereocenters. The molecule has 0 aliphatic heterocycles. The molecule has 0 bridgehead atoms. The van der Waals surface area contributed by atoms with Crippen molar-refractivity contribution in [3.05, 3.63) is 0 Å². The lowest BCUT2D eigenvalue weighted by atomic mass is 10.1. The summed E-state index contributed by atoms with van der Waals surface area (Å²) in [6, 6.07) is 0. The molecule has 1 N–H and O–H groups in total. The summed E-state index contributed by atoms with van der Waals surface area (Å²) in [5, 5.41) is 8.66. The Kier molecular flexibility index (Phi) is 8.45. The van der Waals surface area contributed by atoms with Gasteiger partial charge in [0, 0.05) is 6.42 Å². The van der Waals surface area contributed by atoms with Gasteiger partial charge in [0.2, 0.25) is 0 Å². The van der Waals surface area contributed by atoms with Crippen LogP contribution in [0, 0.1) is 0 Å². The first-order valence-corrected chi connectivity index (χ1v) is 5.57. The maximum Gasteiger partial charge on any atom is 0.256 e. The highest BCUT2D eigenvalue weighted by Crippen LogP contribution is 2.08. The average Bonchev–Trinajstić information content (AvgIpc) is 2.10. The number of carbonyl (C=O) groups is 1. The summed E-state index contributed by atoms with van der Waals surface area (Å²) in [6.45, 7) is 2.18. The monoisotopic (exact) mass is 251 g/mol. The summed E-state index contributed by atoms with van der Waals surface area (Å²) in [7, 11) is 0. The average molecular weight is 252 g/mol. The Morgan fingerprint density at radius 3 is 2.31 bits per heavy atom. The van der Waals surface area contributed by atoms with Crippen LogP contribution < -0.4 is 0 Å². The second-order valence-corrected chi connectivity index (χ2v) is 3.84. The zero-order valence-corrected chi connectivity index (χ0v) is 9.72. The molecule has 0 saturated heterocycles. The molecular formula is C9H18BrNO2. The van der Waals surface area contributed by atoms with Gasteiger partial charge < -0.3 is 0 Å². The summed E-state index contributed by atoms with van der Waals surface area (Å²) in [5.74, 6) is -0.268. The third kappa shape index (κ3) is 8.25. The first-order chi connectivity index (χ1) is 6.18. The van der Waals surface area contributed by atoms with Crippen LogP contribution in [0.4, 0.5) is 0 Å². The van der Waals surface area contributed by atoms with E-state index in [4.69, 9.17) is 5.21 Å². The van der Waals surface area contributed by atoms with Gasteiger partial charge in [0.1, 0.15) is 0 Å². The van der Waals surface area contributed by atoms with Gasteiger partial charge in [-0.2, -0.15) is 4.09 Å². The molecule has 13 heavy (non-hydrogen) atoms. The standard InChI is InChI=1S/C9H18BrNO2/c1-2-3-4-5-6-7-8-9(12)11(10)13/h13H,2-8H2,1H3. The van der Waals surface area contributed by atoms with Crippen molar-refractivity contribution < 1.29 is 10.0 Å². The number of amides is 1. The summed E-state index contributed by atoms with van der Waals surface area (Å²) >= 11 is 2.67. The van der Waals surface area contributed by atoms with E-state index in [1.54, 1.807) is 0 Å². The van der Waals surface area contributed by atoms with Crippen LogP contribution in [0.1, 0.15) is 51.9 Å². The number of hydroxylamine groups is 1. The molecule has 0 unspecified atom stereocenters. The molecule has 0 aromatic heterocycles. The van der Waals surface area contributed by atoms with Gasteiger partial charge in [0.05, 0.1) is 16.1 Å². The van der Waals surface area contributed by atoms with Gasteiger partial charge in [0.25, 0.3) is 5.91 Å². The van der Waals surface area contributed by atoms with Crippen LogP contribution >= 0.6 is 16.1 Å². The molecule has 0 fully saturated rings. The first-order valence-electron chi connectivity index (χ1n) is 4.86. The lowest BCUT2D eigenvalue weighted by Gasteiger charge is -2.04. The predicted molar refractivity (Wildman–Crippen MR) is 55.6 cm³/mol. The van der Waals surface area contributed by atoms with Crippen molar-refractivity contribution >= 4 is 22.1 Å². The van der Waals surface area contributed by atoms with E-state index in [0.29, 0.717) is 10.5 Å². The fourth-order valence-electron chi connectivity index (χ4n) is 1.15. The predicted octanol–water partition coefficient (Wildman–Crippen LogP) is 3.26. The Morgan fingerprint density at radius 1 is 1.23 bits per heavy atom. The molecular weight excluding hydrogens is 234 g/mol. The molecule has 0 rings (SSSR count). The number of unbranched alkanes of at least 4 members (excludes halogenated alkanes) is 5. The quantitative estimate of drug-likeness (QED) is 0.327. The Hall–Kier alpha value is -0.0900. The summed E-state index contributed by atoms with van der Waals surface area (Å²) < 4.78 is 0.485. The number of hydrogen-bond donors (Lipinski definition) is 1. The molecule has 4 heteroatoms. The van der Waals surface area contributed by atoms with E-state index in [0.717, 1.165) is 12.8 Å². The molecule has 0 saturated carbocycles. The van der Waals surface area contributed by atoms with E-state index in [1.807, 2.05) is 0 Å². The second-order valence-electron chi connectivity index (χ2n) is 3.17. The lowest BCUT2D eigenvalue weighted by Crippen LogP contribution is -2.15. The van der Waals surface area contributed by atoms with Crippen LogP contribution in [-0.2, 0) is 4.79 Å². The van der Waals surface area contributed by atoms with E-state index >= 15 is 0 Å². The summed E-state index contributed by atoms with van der Waals surface area (Å²) in [6.07, 6.45) is 7.33. The summed E-state index contributed by atoms with van der Waals surface area (Å²) in [4.78, 5) is 10.9. The van der Waals surface area contributed by atoms with E-state index < -0.39 is 0 Å². The minimum absolute atomic E-state index is 0.268. The number of halogens is 1. The lowest BCUT2D eigenvalue weighted by molar-refractivity contribution is -0.143. The van der Waals surface area contributed by atoms with Crippen LogP contribution in [0.3, 0.4) is 0 Å². The zero-order valence-electron chi connectivity index (χ0n) is 8.13. The maximum atomic E-state index is 10.9. The molecule has 0 spiro atoms. The minimum Gasteiger partial charge on any atom is -0.275 e. The summed E-state index contributed by atoms with van der Waals surface area (Å²) in [5.41, 5.74) is 0. The van der Waals surface area contributed by atoms with Gasteiger partial charge in [-0.1, -0.05) is 39.0 Å². The maximum absolute atomic E-state index is 10.9. The molecule has 0 aliphatic carbocycles. The molecule has 0 aromatic rings. The van der Waals surface area contributed by atoms with Crippen molar-refractivity contribution in [3.8, 4) is 0 Å². The number of carbonyl (C=O) groups excluding carboxylic acids is 1. The third-order valence-corrected chi connectivity index (χ3v) is 2.35. The molecule has 0 heterocycles. The molecule has 78 valence electrons. The number of hydrogen-bond acceptors (Lipinski definition) is 2. The Balaban J connectivity index is 3.12. The minimum atomic E-state index is -0.268. The van der Waals surface area contributed by atoms with E-state index in [1.165, 1.54) is 25.7 Å². The van der Waals surface area contributed by atoms with Crippen LogP contribution in [-0.4, -0.2) is 15.2 Å². The van der Waals surface area contributed by atoms with Crippen LogP contribution in [0.2, 0.25) is 0 Å². The smallest absolute Gasteiger partial charge is 0.256 e. The van der Waals surface area contributed by atoms with Crippen LogP contribution in [0.25, 0.3) is 0 Å². The molecule has 0 radical (unpaired) electrons. The highest BCUT2D eigenvalue weighted by molar-refractivity contribution is 9.07. The highest BCUT2D eigenvalue weighted by Gasteiger charge is 2.05. The van der Waals surface area contributed by atoms with Crippen molar-refractivity contribution in [3.63, 3.8) is 0 Å². The number of rotatable bonds is 7. The van der Waals surface area contributed by atoms with Gasteiger partial charge in [-0.15, -0.1) is 0 Å². The largest absolute Gasteiger partial charge is 0.275 e. The van der Waals surface area contributed by atoms with Crippen molar-refractivity contribution in [2.45, 2.75) is 51.9 Å². The fraction of sp³-hybridized carbons (Fsp3) is 0.889. The Labute approximate surface area is 88.4 Å². The van der Waals surface area contributed by atoms with Gasteiger partial charge >= 0.3 is 0 Å². The molecule has 1 amide bonds. The zero-order chi connectivity index (χ0) is 10.1. The normalized spacial score (nSPS) is 10.1. The first kappa shape index (κ1) is 12.9. The number of nitrogens with zero attached hydrogens (tertiary/aromatic N) is 1. The Morgan fingerprint density at radius 2 is 1.77 bits per heavy atom. The fourth-order valence-corrected chi connectivity index (χ4v) is 1.33. The van der Waals surface area contributed by atoms with Crippen molar-refractivity contribution in [2.24, 2.45) is 0 Å². The van der Waals surface area contributed by atoms with E-state index in [2.05, 4.69) is 23.1 Å². The van der Waals surface area contributed by atoms with Crippen LogP contribution in [0.15, 0.2) is 0 Å². The Bertz CT molecular complexity index is 140. The third-order valence-electron chi connectivity index (χ3n) is 1.95. The molecule has 0 aromatic carbocycles. The highest BCUT2D eigenvalue weighted by atomic mass is 79.9. The second kappa shape index (κ2) is 8.51. The molecule has 3 nitrogen and oxygen atoms in total. The van der Waals surface area contributed by atoms with E-state index in [9.17, 15) is 4.79 Å². The van der Waals surface area contributed by atoms with Gasteiger partial charge in [0.15, 0.2) is 0 Å².